The van der Waals surface area contributed by atoms with E-state index in [0.717, 1.165) is 75.4 Å². The average Bonchev–Trinajstić information content (AvgIpc) is 2.75. The van der Waals surface area contributed by atoms with E-state index in [-0.39, 0.29) is 0 Å². The molecule has 0 spiro atoms. The predicted octanol–water partition coefficient (Wildman–Crippen LogP) is 4.20. The van der Waals surface area contributed by atoms with Crippen molar-refractivity contribution < 1.29 is 4.74 Å². The van der Waals surface area contributed by atoms with E-state index in [9.17, 15) is 0 Å². The number of hydrogen-bond donors (Lipinski definition) is 3. The number of anilines is 2. The van der Waals surface area contributed by atoms with Crippen molar-refractivity contribution in [3.05, 3.63) is 35.0 Å². The molecule has 1 aliphatic carbocycles. The van der Waals surface area contributed by atoms with Gasteiger partial charge in [-0.15, -0.1) is 0 Å². The minimum absolute atomic E-state index is 0.309. The molecule has 0 radical (unpaired) electrons. The van der Waals surface area contributed by atoms with Crippen molar-refractivity contribution in [1.82, 2.24) is 9.97 Å². The molecule has 7 heteroatoms. The molecule has 2 aliphatic rings. The van der Waals surface area contributed by atoms with Crippen LogP contribution in [0.4, 0.5) is 11.6 Å². The first-order valence-electron chi connectivity index (χ1n) is 10.6. The molecule has 1 aliphatic heterocycles. The quantitative estimate of drug-likeness (QED) is 0.676. The Morgan fingerprint density at radius 2 is 1.86 bits per heavy atom. The largest absolute Gasteiger partial charge is 0.384 e. The molecular weight excluding hydrogens is 386 g/mol. The van der Waals surface area contributed by atoms with Crippen LogP contribution in [-0.2, 0) is 4.74 Å². The summed E-state index contributed by atoms with van der Waals surface area (Å²) < 4.78 is 5.46. The first-order chi connectivity index (χ1) is 14.1. The molecule has 2 aromatic rings. The Bertz CT molecular complexity index is 832. The van der Waals surface area contributed by atoms with E-state index in [4.69, 9.17) is 32.8 Å². The highest BCUT2D eigenvalue weighted by molar-refractivity contribution is 6.33. The topological polar surface area (TPSA) is 99.1 Å². The Balaban J connectivity index is 1.63. The van der Waals surface area contributed by atoms with E-state index >= 15 is 0 Å². The van der Waals surface area contributed by atoms with Gasteiger partial charge in [0.2, 0.25) is 0 Å². The molecule has 3 heterocycles. The van der Waals surface area contributed by atoms with Gasteiger partial charge in [-0.1, -0.05) is 17.7 Å². The lowest BCUT2D eigenvalue weighted by molar-refractivity contribution is 0.0699. The molecule has 156 valence electrons. The summed E-state index contributed by atoms with van der Waals surface area (Å²) in [5.41, 5.74) is 15.1. The number of hydrogen-bond acceptors (Lipinski definition) is 6. The number of halogens is 1. The molecule has 1 saturated carbocycles. The second-order valence-electron chi connectivity index (χ2n) is 8.27. The zero-order valence-corrected chi connectivity index (χ0v) is 17.5. The number of aromatic nitrogens is 2. The van der Waals surface area contributed by atoms with E-state index in [1.807, 2.05) is 6.07 Å². The lowest BCUT2D eigenvalue weighted by Crippen LogP contribution is -2.26. The van der Waals surface area contributed by atoms with Crippen LogP contribution in [0, 0.1) is 5.92 Å². The third-order valence-corrected chi connectivity index (χ3v) is 6.48. The third kappa shape index (κ3) is 5.00. The molecule has 0 unspecified atom stereocenters. The first kappa shape index (κ1) is 20.4. The van der Waals surface area contributed by atoms with Crippen LogP contribution in [0.3, 0.4) is 0 Å². The smallest absolute Gasteiger partial charge is 0.126 e. The van der Waals surface area contributed by atoms with Crippen LogP contribution >= 0.6 is 11.6 Å². The van der Waals surface area contributed by atoms with E-state index in [1.54, 1.807) is 6.20 Å². The fourth-order valence-electron chi connectivity index (χ4n) is 4.38. The maximum Gasteiger partial charge on any atom is 0.126 e. The Morgan fingerprint density at radius 1 is 1.10 bits per heavy atom. The van der Waals surface area contributed by atoms with Gasteiger partial charge in [0.25, 0.3) is 0 Å². The van der Waals surface area contributed by atoms with Gasteiger partial charge in [0.15, 0.2) is 0 Å². The normalized spacial score (nSPS) is 23.1. The van der Waals surface area contributed by atoms with Crippen LogP contribution in [-0.4, -0.2) is 35.8 Å². The summed E-state index contributed by atoms with van der Waals surface area (Å²) in [6, 6.07) is 6.42. The maximum absolute atomic E-state index is 6.50. The van der Waals surface area contributed by atoms with Crippen molar-refractivity contribution in [2.45, 2.75) is 50.5 Å². The van der Waals surface area contributed by atoms with Gasteiger partial charge in [-0.2, -0.15) is 0 Å². The molecule has 0 amide bonds. The molecule has 6 nitrogen and oxygen atoms in total. The number of nitrogen functional groups attached to an aromatic ring is 1. The standard InChI is InChI=1S/C22H30ClN5O/c23-19-13-26-20(25)11-18(19)22-17(15-1-3-16(24)4-2-15)5-6-21(28-22)27-12-14-7-9-29-10-8-14/h5-6,11,13-16H,1-4,7-10,12,24H2,(H2,25,26)(H,27,28). The molecule has 2 aromatic heterocycles. The molecular formula is C22H30ClN5O. The number of nitrogens with two attached hydrogens (primary N) is 2. The molecule has 0 atom stereocenters. The molecule has 5 N–H and O–H groups in total. The number of pyridine rings is 2. The second kappa shape index (κ2) is 9.28. The maximum atomic E-state index is 6.50. The Kier molecular flexibility index (Phi) is 6.53. The summed E-state index contributed by atoms with van der Waals surface area (Å²) in [6.45, 7) is 2.60. The van der Waals surface area contributed by atoms with E-state index < -0.39 is 0 Å². The highest BCUT2D eigenvalue weighted by Gasteiger charge is 2.25. The molecule has 2 fully saturated rings. The minimum Gasteiger partial charge on any atom is -0.384 e. The van der Waals surface area contributed by atoms with E-state index in [0.29, 0.717) is 28.7 Å². The van der Waals surface area contributed by atoms with Gasteiger partial charge in [0.05, 0.1) is 10.7 Å². The second-order valence-corrected chi connectivity index (χ2v) is 8.68. The third-order valence-electron chi connectivity index (χ3n) is 6.18. The van der Waals surface area contributed by atoms with Crippen LogP contribution in [0.1, 0.15) is 50.0 Å². The van der Waals surface area contributed by atoms with Gasteiger partial charge < -0.3 is 21.5 Å². The van der Waals surface area contributed by atoms with Gasteiger partial charge in [-0.25, -0.2) is 9.97 Å². The van der Waals surface area contributed by atoms with E-state index in [1.165, 1.54) is 5.56 Å². The fraction of sp³-hybridized carbons (Fsp3) is 0.545. The Morgan fingerprint density at radius 3 is 2.62 bits per heavy atom. The zero-order valence-electron chi connectivity index (χ0n) is 16.7. The summed E-state index contributed by atoms with van der Waals surface area (Å²) >= 11 is 6.50. The van der Waals surface area contributed by atoms with Gasteiger partial charge in [-0.05, 0) is 68.1 Å². The summed E-state index contributed by atoms with van der Waals surface area (Å²) in [7, 11) is 0. The highest BCUT2D eigenvalue weighted by atomic mass is 35.5. The number of rotatable bonds is 5. The summed E-state index contributed by atoms with van der Waals surface area (Å²) in [5.74, 6) is 2.37. The summed E-state index contributed by atoms with van der Waals surface area (Å²) in [4.78, 5) is 9.09. The molecule has 1 saturated heterocycles. The summed E-state index contributed by atoms with van der Waals surface area (Å²) in [5, 5.41) is 4.09. The van der Waals surface area contributed by atoms with Gasteiger partial charge in [0.1, 0.15) is 11.6 Å². The molecule has 0 aromatic carbocycles. The highest BCUT2D eigenvalue weighted by Crippen LogP contribution is 2.39. The summed E-state index contributed by atoms with van der Waals surface area (Å²) in [6.07, 6.45) is 8.02. The van der Waals surface area contributed by atoms with Crippen LogP contribution < -0.4 is 16.8 Å². The average molecular weight is 416 g/mol. The SMILES string of the molecule is Nc1cc(-c2nc(NCC3CCOCC3)ccc2C2CCC(N)CC2)c(Cl)cn1. The molecule has 29 heavy (non-hydrogen) atoms. The fourth-order valence-corrected chi connectivity index (χ4v) is 4.57. The van der Waals surface area contributed by atoms with Gasteiger partial charge in [0, 0.05) is 37.6 Å². The Labute approximate surface area is 177 Å². The molecule has 4 rings (SSSR count). The number of nitrogens with zero attached hydrogens (tertiary/aromatic N) is 2. The lowest BCUT2D eigenvalue weighted by Gasteiger charge is -2.28. The zero-order chi connectivity index (χ0) is 20.2. The van der Waals surface area contributed by atoms with Crippen molar-refractivity contribution in [2.75, 3.05) is 30.8 Å². The van der Waals surface area contributed by atoms with Crippen LogP contribution in [0.25, 0.3) is 11.3 Å². The lowest BCUT2D eigenvalue weighted by atomic mass is 9.80. The monoisotopic (exact) mass is 415 g/mol. The molecule has 0 bridgehead atoms. The van der Waals surface area contributed by atoms with Crippen molar-refractivity contribution in [3.8, 4) is 11.3 Å². The van der Waals surface area contributed by atoms with Gasteiger partial charge >= 0.3 is 0 Å². The van der Waals surface area contributed by atoms with E-state index in [2.05, 4.69) is 22.4 Å². The van der Waals surface area contributed by atoms with Crippen molar-refractivity contribution in [1.29, 1.82) is 0 Å². The van der Waals surface area contributed by atoms with Crippen LogP contribution in [0.2, 0.25) is 5.02 Å². The first-order valence-corrected chi connectivity index (χ1v) is 11.0. The van der Waals surface area contributed by atoms with Crippen molar-refractivity contribution in [2.24, 2.45) is 11.7 Å². The number of ether oxygens (including phenoxy) is 1. The minimum atomic E-state index is 0.309. The van der Waals surface area contributed by atoms with Crippen molar-refractivity contribution in [3.63, 3.8) is 0 Å². The Hall–Kier alpha value is -1.89. The van der Waals surface area contributed by atoms with Crippen LogP contribution in [0.5, 0.6) is 0 Å². The van der Waals surface area contributed by atoms with Crippen molar-refractivity contribution >= 4 is 23.2 Å². The van der Waals surface area contributed by atoms with Gasteiger partial charge in [-0.3, -0.25) is 0 Å². The predicted molar refractivity (Wildman–Crippen MR) is 118 cm³/mol. The van der Waals surface area contributed by atoms with Crippen LogP contribution in [0.15, 0.2) is 24.4 Å². The number of nitrogens with one attached hydrogen (secondary N) is 1.